The van der Waals surface area contributed by atoms with Crippen molar-refractivity contribution in [3.8, 4) is 0 Å². The van der Waals surface area contributed by atoms with Gasteiger partial charge in [-0.15, -0.1) is 0 Å². The third-order valence-electron chi connectivity index (χ3n) is 2.32. The Morgan fingerprint density at radius 2 is 1.53 bits per heavy atom. The smallest absolute Gasteiger partial charge is 0.206 e. The molecule has 0 amide bonds. The first-order chi connectivity index (χ1) is 8.89. The Bertz CT molecular complexity index is 595. The van der Waals surface area contributed by atoms with E-state index in [9.17, 15) is 17.6 Å². The minimum absolute atomic E-state index is 0.153. The second-order valence-electron chi connectivity index (χ2n) is 3.64. The lowest BCUT2D eigenvalue weighted by molar-refractivity contribution is -0.142. The summed E-state index contributed by atoms with van der Waals surface area (Å²) in [5, 5.41) is 0. The second-order valence-corrected chi connectivity index (χ2v) is 5.58. The quantitative estimate of drug-likeness (QED) is 0.620. The topological polar surface area (TPSA) is 0 Å². The highest BCUT2D eigenvalue weighted by molar-refractivity contribution is 9.10. The number of benzene rings is 2. The van der Waals surface area contributed by atoms with Crippen molar-refractivity contribution in [2.45, 2.75) is 16.0 Å². The molecule has 2 aromatic carbocycles. The molecular weight excluding hydrogens is 344 g/mol. The first-order valence-corrected chi connectivity index (χ1v) is 6.78. The third-order valence-corrected chi connectivity index (χ3v) is 4.41. The van der Waals surface area contributed by atoms with E-state index in [0.29, 0.717) is 9.37 Å². The average molecular weight is 351 g/mol. The van der Waals surface area contributed by atoms with Crippen molar-refractivity contribution < 1.29 is 17.6 Å². The molecule has 0 aromatic heterocycles. The summed E-state index contributed by atoms with van der Waals surface area (Å²) in [6, 6.07) is 10.2. The van der Waals surface area contributed by atoms with Crippen LogP contribution in [0.25, 0.3) is 0 Å². The Morgan fingerprint density at radius 3 is 2.16 bits per heavy atom. The molecule has 0 radical (unpaired) electrons. The monoisotopic (exact) mass is 350 g/mol. The van der Waals surface area contributed by atoms with E-state index < -0.39 is 17.6 Å². The fraction of sp³-hybridized carbons (Fsp3) is 0.0769. The van der Waals surface area contributed by atoms with Crippen LogP contribution in [-0.2, 0) is 6.18 Å². The van der Waals surface area contributed by atoms with Crippen LogP contribution in [-0.4, -0.2) is 0 Å². The lowest BCUT2D eigenvalue weighted by atomic mass is 10.2. The van der Waals surface area contributed by atoms with E-state index in [1.807, 2.05) is 0 Å². The van der Waals surface area contributed by atoms with Crippen molar-refractivity contribution in [3.05, 3.63) is 58.3 Å². The fourth-order valence-electron chi connectivity index (χ4n) is 1.51. The van der Waals surface area contributed by atoms with Gasteiger partial charge in [0.05, 0.1) is 0 Å². The van der Waals surface area contributed by atoms with E-state index in [2.05, 4.69) is 15.9 Å². The molecular formula is C13H7BrF4S. The average Bonchev–Trinajstić information content (AvgIpc) is 2.30. The van der Waals surface area contributed by atoms with Gasteiger partial charge < -0.3 is 0 Å². The number of alkyl halides is 3. The minimum Gasteiger partial charge on any atom is -0.206 e. The molecule has 0 fully saturated rings. The summed E-state index contributed by atoms with van der Waals surface area (Å²) in [5.74, 6) is -1.26. The fourth-order valence-corrected chi connectivity index (χ4v) is 3.05. The maximum Gasteiger partial charge on any atom is 0.420 e. The van der Waals surface area contributed by atoms with Crippen molar-refractivity contribution >= 4 is 27.7 Å². The lowest BCUT2D eigenvalue weighted by Crippen LogP contribution is -2.09. The van der Waals surface area contributed by atoms with Gasteiger partial charge in [-0.05, 0) is 40.2 Å². The van der Waals surface area contributed by atoms with Crippen LogP contribution < -0.4 is 0 Å². The van der Waals surface area contributed by atoms with Gasteiger partial charge in [-0.25, -0.2) is 4.39 Å². The van der Waals surface area contributed by atoms with E-state index in [1.165, 1.54) is 12.1 Å². The molecule has 100 valence electrons. The number of hydrogen-bond donors (Lipinski definition) is 0. The van der Waals surface area contributed by atoms with Crippen molar-refractivity contribution in [2.24, 2.45) is 0 Å². The molecule has 0 aliphatic rings. The Morgan fingerprint density at radius 1 is 0.895 bits per heavy atom. The van der Waals surface area contributed by atoms with Crippen LogP contribution in [0.15, 0.2) is 56.7 Å². The molecule has 0 aliphatic carbocycles. The highest BCUT2D eigenvalue weighted by Crippen LogP contribution is 2.42. The Hall–Kier alpha value is -1.01. The van der Waals surface area contributed by atoms with Crippen molar-refractivity contribution in [1.82, 2.24) is 0 Å². The van der Waals surface area contributed by atoms with Crippen molar-refractivity contribution in [1.29, 1.82) is 0 Å². The normalized spacial score (nSPS) is 11.6. The highest BCUT2D eigenvalue weighted by Gasteiger charge is 2.37. The van der Waals surface area contributed by atoms with Crippen LogP contribution in [0.2, 0.25) is 0 Å². The predicted molar refractivity (Wildman–Crippen MR) is 69.7 cm³/mol. The van der Waals surface area contributed by atoms with E-state index >= 15 is 0 Å². The Balaban J connectivity index is 2.47. The lowest BCUT2D eigenvalue weighted by Gasteiger charge is -2.13. The molecule has 2 rings (SSSR count). The zero-order valence-corrected chi connectivity index (χ0v) is 11.7. The van der Waals surface area contributed by atoms with Crippen LogP contribution in [0.4, 0.5) is 17.6 Å². The molecule has 0 N–H and O–H groups in total. The zero-order valence-electron chi connectivity index (χ0n) is 9.34. The zero-order chi connectivity index (χ0) is 14.0. The van der Waals surface area contributed by atoms with Gasteiger partial charge in [-0.2, -0.15) is 13.2 Å². The van der Waals surface area contributed by atoms with E-state index in [0.717, 1.165) is 17.8 Å². The summed E-state index contributed by atoms with van der Waals surface area (Å²) in [7, 11) is 0. The molecule has 0 bridgehead atoms. The molecule has 0 saturated carbocycles. The molecule has 0 nitrogen and oxygen atoms in total. The van der Waals surface area contributed by atoms with Gasteiger partial charge in [-0.3, -0.25) is 0 Å². The molecule has 2 aromatic rings. The summed E-state index contributed by atoms with van der Waals surface area (Å²) < 4.78 is 52.6. The Kier molecular flexibility index (Phi) is 4.20. The van der Waals surface area contributed by atoms with Gasteiger partial charge in [0.2, 0.25) is 0 Å². The van der Waals surface area contributed by atoms with Crippen molar-refractivity contribution in [2.75, 3.05) is 0 Å². The molecule has 0 atom stereocenters. The molecule has 0 aliphatic heterocycles. The third kappa shape index (κ3) is 3.30. The summed E-state index contributed by atoms with van der Waals surface area (Å²) in [4.78, 5) is 0.443. The van der Waals surface area contributed by atoms with Gasteiger partial charge in [0.1, 0.15) is 11.4 Å². The predicted octanol–water partition coefficient (Wildman–Crippen LogP) is 5.76. The van der Waals surface area contributed by atoms with E-state index in [1.54, 1.807) is 24.3 Å². The number of rotatable bonds is 2. The van der Waals surface area contributed by atoms with Crippen LogP contribution >= 0.6 is 27.7 Å². The minimum atomic E-state index is -4.71. The van der Waals surface area contributed by atoms with Gasteiger partial charge in [0.25, 0.3) is 0 Å². The van der Waals surface area contributed by atoms with Crippen LogP contribution in [0.5, 0.6) is 0 Å². The van der Waals surface area contributed by atoms with Crippen LogP contribution in [0.1, 0.15) is 5.56 Å². The first-order valence-electron chi connectivity index (χ1n) is 5.17. The highest BCUT2D eigenvalue weighted by atomic mass is 79.9. The summed E-state index contributed by atoms with van der Waals surface area (Å²) in [5.41, 5.74) is -1.23. The van der Waals surface area contributed by atoms with E-state index in [4.69, 9.17) is 0 Å². The number of hydrogen-bond acceptors (Lipinski definition) is 1. The maximum absolute atomic E-state index is 13.4. The van der Waals surface area contributed by atoms with E-state index in [-0.39, 0.29) is 4.90 Å². The summed E-state index contributed by atoms with van der Waals surface area (Å²) >= 11 is 4.13. The van der Waals surface area contributed by atoms with Gasteiger partial charge in [0.15, 0.2) is 0 Å². The molecule has 6 heteroatoms. The molecule has 0 spiro atoms. The molecule has 0 unspecified atom stereocenters. The summed E-state index contributed by atoms with van der Waals surface area (Å²) in [6.07, 6.45) is -4.71. The van der Waals surface area contributed by atoms with Gasteiger partial charge >= 0.3 is 6.18 Å². The Labute approximate surface area is 120 Å². The molecule has 0 heterocycles. The van der Waals surface area contributed by atoms with Gasteiger partial charge in [0, 0.05) is 14.3 Å². The van der Waals surface area contributed by atoms with Crippen molar-refractivity contribution in [3.63, 3.8) is 0 Å². The summed E-state index contributed by atoms with van der Waals surface area (Å²) in [6.45, 7) is 0. The SMILES string of the molecule is Fc1cccc(Sc2ccccc2Br)c1C(F)(F)F. The molecule has 0 saturated heterocycles. The largest absolute Gasteiger partial charge is 0.420 e. The van der Waals surface area contributed by atoms with Crippen LogP contribution in [0.3, 0.4) is 0 Å². The number of halogens is 5. The van der Waals surface area contributed by atoms with Crippen LogP contribution in [0, 0.1) is 5.82 Å². The molecule has 19 heavy (non-hydrogen) atoms. The maximum atomic E-state index is 13.4. The first kappa shape index (κ1) is 14.4. The van der Waals surface area contributed by atoms with Gasteiger partial charge in [-0.1, -0.05) is 30.0 Å². The second kappa shape index (κ2) is 5.54. The standard InChI is InChI=1S/C13H7BrF4S/c14-8-4-1-2-6-10(8)19-11-7-3-5-9(15)12(11)13(16,17)18/h1-7H.